The van der Waals surface area contributed by atoms with E-state index in [0.29, 0.717) is 11.0 Å². The molecule has 2 nitrogen and oxygen atoms in total. The first-order valence-corrected chi connectivity index (χ1v) is 5.13. The summed E-state index contributed by atoms with van der Waals surface area (Å²) < 4.78 is 74.9. The molecule has 1 aromatic carbocycles. The van der Waals surface area contributed by atoms with Crippen LogP contribution in [0.15, 0.2) is 18.2 Å². The largest absolute Gasteiger partial charge is 0.418 e. The van der Waals surface area contributed by atoms with Crippen LogP contribution in [0.4, 0.5) is 32.0 Å². The number of anilines is 1. The first-order chi connectivity index (χ1) is 8.54. The van der Waals surface area contributed by atoms with Crippen molar-refractivity contribution in [2.75, 3.05) is 18.5 Å². The van der Waals surface area contributed by atoms with E-state index < -0.39 is 36.8 Å². The number of hydrogen-bond acceptors (Lipinski definition) is 2. The molecule has 0 aliphatic rings. The van der Waals surface area contributed by atoms with Crippen LogP contribution in [-0.2, 0) is 12.8 Å². The first-order valence-electron chi connectivity index (χ1n) is 5.13. The zero-order valence-corrected chi connectivity index (χ0v) is 9.81. The number of rotatable bonds is 3. The molecular formula is C11H11F6NO. The summed E-state index contributed by atoms with van der Waals surface area (Å²) in [5, 5.41) is 8.78. The molecule has 0 radical (unpaired) electrons. The van der Waals surface area contributed by atoms with E-state index >= 15 is 0 Å². The fraction of sp³-hybridized carbons (Fsp3) is 0.455. The molecule has 1 rings (SSSR count). The number of halogens is 6. The Hall–Kier alpha value is -1.44. The number of hydrogen-bond donors (Lipinski definition) is 1. The van der Waals surface area contributed by atoms with Crippen molar-refractivity contribution in [3.8, 4) is 0 Å². The zero-order valence-electron chi connectivity index (χ0n) is 9.81. The summed E-state index contributed by atoms with van der Waals surface area (Å²) in [5.41, 5.74) is -1.80. The van der Waals surface area contributed by atoms with Crippen LogP contribution in [-0.4, -0.2) is 24.9 Å². The Morgan fingerprint density at radius 1 is 1.11 bits per heavy atom. The van der Waals surface area contributed by atoms with Crippen molar-refractivity contribution in [2.45, 2.75) is 19.0 Å². The highest BCUT2D eigenvalue weighted by atomic mass is 19.4. The Morgan fingerprint density at radius 3 is 2.11 bits per heavy atom. The molecule has 108 valence electrons. The van der Waals surface area contributed by atoms with E-state index in [2.05, 4.69) is 0 Å². The number of aliphatic hydroxyl groups is 1. The van der Waals surface area contributed by atoms with Gasteiger partial charge in [-0.05, 0) is 17.7 Å². The van der Waals surface area contributed by atoms with Gasteiger partial charge in [0.05, 0.1) is 12.2 Å². The number of benzene rings is 1. The number of aliphatic hydroxyl groups excluding tert-OH is 1. The Bertz CT molecular complexity index is 440. The number of alkyl halides is 6. The van der Waals surface area contributed by atoms with Crippen molar-refractivity contribution in [3.05, 3.63) is 29.3 Å². The summed E-state index contributed by atoms with van der Waals surface area (Å²) in [5.74, 6) is 0. The average Bonchev–Trinajstić information content (AvgIpc) is 2.24. The Labute approximate surface area is 105 Å². The fourth-order valence-electron chi connectivity index (χ4n) is 1.60. The Kier molecular flexibility index (Phi) is 4.34. The molecule has 19 heavy (non-hydrogen) atoms. The number of nitrogens with zero attached hydrogens (tertiary/aromatic N) is 1. The summed E-state index contributed by atoms with van der Waals surface area (Å²) in [6.45, 7) is -2.11. The molecule has 0 saturated heterocycles. The summed E-state index contributed by atoms with van der Waals surface area (Å²) in [6, 6.07) is 2.71. The minimum absolute atomic E-state index is 0.0171. The molecule has 1 aromatic rings. The van der Waals surface area contributed by atoms with Gasteiger partial charge in [-0.25, -0.2) is 0 Å². The second-order valence-corrected chi connectivity index (χ2v) is 3.98. The molecule has 8 heteroatoms. The lowest BCUT2D eigenvalue weighted by molar-refractivity contribution is -0.138. The first kappa shape index (κ1) is 15.6. The van der Waals surface area contributed by atoms with Gasteiger partial charge in [-0.3, -0.25) is 0 Å². The van der Waals surface area contributed by atoms with Crippen LogP contribution >= 0.6 is 0 Å². The predicted molar refractivity (Wildman–Crippen MR) is 56.7 cm³/mol. The molecule has 0 amide bonds. The van der Waals surface area contributed by atoms with Crippen molar-refractivity contribution in [1.29, 1.82) is 0 Å². The van der Waals surface area contributed by atoms with Crippen LogP contribution in [0.3, 0.4) is 0 Å². The van der Waals surface area contributed by atoms with Crippen molar-refractivity contribution >= 4 is 5.69 Å². The Morgan fingerprint density at radius 2 is 1.68 bits per heavy atom. The van der Waals surface area contributed by atoms with Crippen LogP contribution in [0.25, 0.3) is 0 Å². The van der Waals surface area contributed by atoms with Crippen molar-refractivity contribution in [2.24, 2.45) is 0 Å². The fourth-order valence-corrected chi connectivity index (χ4v) is 1.60. The van der Waals surface area contributed by atoms with Crippen molar-refractivity contribution in [1.82, 2.24) is 0 Å². The summed E-state index contributed by atoms with van der Waals surface area (Å²) >= 11 is 0. The molecule has 0 heterocycles. The smallest absolute Gasteiger partial charge is 0.392 e. The maximum absolute atomic E-state index is 12.8. The predicted octanol–water partition coefficient (Wildman–Crippen LogP) is 3.20. The lowest BCUT2D eigenvalue weighted by Gasteiger charge is -2.25. The second kappa shape index (κ2) is 5.28. The SMILES string of the molecule is CN(CC(F)(F)F)c1ccc(CO)cc1C(F)(F)F. The third kappa shape index (κ3) is 4.30. The van der Waals surface area contributed by atoms with E-state index in [9.17, 15) is 26.3 Å². The van der Waals surface area contributed by atoms with Gasteiger partial charge in [-0.2, -0.15) is 26.3 Å². The molecule has 0 unspecified atom stereocenters. The standard InChI is InChI=1S/C11H11F6NO/c1-18(6-10(12,13)14)9-3-2-7(5-19)4-8(9)11(15,16)17/h2-4,19H,5-6H2,1H3. The van der Waals surface area contributed by atoms with Crippen LogP contribution in [0, 0.1) is 0 Å². The molecular weight excluding hydrogens is 276 g/mol. The summed E-state index contributed by atoms with van der Waals surface area (Å²) in [7, 11) is 0.927. The molecule has 0 spiro atoms. The van der Waals surface area contributed by atoms with Gasteiger partial charge in [0.25, 0.3) is 0 Å². The van der Waals surface area contributed by atoms with Crippen molar-refractivity contribution < 1.29 is 31.4 Å². The van der Waals surface area contributed by atoms with Gasteiger partial charge < -0.3 is 10.0 Å². The zero-order chi connectivity index (χ0) is 14.8. The second-order valence-electron chi connectivity index (χ2n) is 3.98. The van der Waals surface area contributed by atoms with Crippen LogP contribution in [0.2, 0.25) is 0 Å². The van der Waals surface area contributed by atoms with E-state index in [0.717, 1.165) is 19.2 Å². The van der Waals surface area contributed by atoms with Gasteiger partial charge in [0.15, 0.2) is 0 Å². The van der Waals surface area contributed by atoms with Crippen LogP contribution < -0.4 is 4.90 Å². The molecule has 0 saturated carbocycles. The highest BCUT2D eigenvalue weighted by Crippen LogP contribution is 2.37. The minimum atomic E-state index is -4.79. The lowest BCUT2D eigenvalue weighted by atomic mass is 10.1. The van der Waals surface area contributed by atoms with E-state index in [1.165, 1.54) is 0 Å². The van der Waals surface area contributed by atoms with Gasteiger partial charge in [0, 0.05) is 12.7 Å². The van der Waals surface area contributed by atoms with Gasteiger partial charge in [0.1, 0.15) is 6.54 Å². The van der Waals surface area contributed by atoms with Gasteiger partial charge >= 0.3 is 12.4 Å². The monoisotopic (exact) mass is 287 g/mol. The van der Waals surface area contributed by atoms with Gasteiger partial charge in [-0.15, -0.1) is 0 Å². The molecule has 1 N–H and O–H groups in total. The Balaban J connectivity index is 3.20. The average molecular weight is 287 g/mol. The third-order valence-corrected chi connectivity index (χ3v) is 2.38. The molecule has 0 aliphatic carbocycles. The van der Waals surface area contributed by atoms with E-state index in [4.69, 9.17) is 5.11 Å². The highest BCUT2D eigenvalue weighted by molar-refractivity contribution is 5.56. The third-order valence-electron chi connectivity index (χ3n) is 2.38. The normalized spacial score (nSPS) is 12.6. The lowest BCUT2D eigenvalue weighted by Crippen LogP contribution is -2.32. The summed E-state index contributed by atoms with van der Waals surface area (Å²) in [4.78, 5) is 0.476. The quantitative estimate of drug-likeness (QED) is 0.863. The van der Waals surface area contributed by atoms with Crippen LogP contribution in [0.1, 0.15) is 11.1 Å². The van der Waals surface area contributed by atoms with Crippen molar-refractivity contribution in [3.63, 3.8) is 0 Å². The van der Waals surface area contributed by atoms with Gasteiger partial charge in [0.2, 0.25) is 0 Å². The minimum Gasteiger partial charge on any atom is -0.392 e. The maximum Gasteiger partial charge on any atom is 0.418 e. The summed E-state index contributed by atoms with van der Waals surface area (Å²) in [6.07, 6.45) is -9.40. The molecule has 0 aliphatic heterocycles. The van der Waals surface area contributed by atoms with Gasteiger partial charge in [-0.1, -0.05) is 6.07 Å². The van der Waals surface area contributed by atoms with E-state index in [1.54, 1.807) is 0 Å². The maximum atomic E-state index is 12.8. The molecule has 0 aromatic heterocycles. The topological polar surface area (TPSA) is 23.5 Å². The van der Waals surface area contributed by atoms with E-state index in [1.807, 2.05) is 0 Å². The molecule has 0 fully saturated rings. The highest BCUT2D eigenvalue weighted by Gasteiger charge is 2.37. The molecule has 0 atom stereocenters. The van der Waals surface area contributed by atoms with E-state index in [-0.39, 0.29) is 5.56 Å². The molecule has 0 bridgehead atoms. The van der Waals surface area contributed by atoms with Crippen LogP contribution in [0.5, 0.6) is 0 Å².